The number of carbonyl (C=O) groups is 1. The average Bonchev–Trinajstić information content (AvgIpc) is 2.70. The van der Waals surface area contributed by atoms with Crippen LogP contribution in [0.15, 0.2) is 4.63 Å². The van der Waals surface area contributed by atoms with Crippen molar-refractivity contribution < 1.29 is 14.5 Å². The first-order valence-electron chi connectivity index (χ1n) is 4.27. The van der Waals surface area contributed by atoms with Gasteiger partial charge in [-0.1, -0.05) is 0 Å². The molecule has 1 fully saturated rings. The number of nitrogen functional groups attached to an aromatic ring is 1. The lowest BCUT2D eigenvalue weighted by molar-refractivity contribution is -0.138. The highest BCUT2D eigenvalue weighted by Gasteiger charge is 2.33. The zero-order chi connectivity index (χ0) is 10.1. The van der Waals surface area contributed by atoms with Gasteiger partial charge in [-0.3, -0.25) is 0 Å². The molecule has 0 saturated carbocycles. The number of nitrogens with zero attached hydrogens (tertiary/aromatic N) is 3. The summed E-state index contributed by atoms with van der Waals surface area (Å²) in [6.07, 6.45) is 1.41. The third-order valence-corrected chi connectivity index (χ3v) is 2.31. The lowest BCUT2D eigenvalue weighted by Crippen LogP contribution is -2.36. The molecule has 1 atom stereocenters. The van der Waals surface area contributed by atoms with Crippen LogP contribution in [0.5, 0.6) is 0 Å². The Morgan fingerprint density at radius 2 is 2.43 bits per heavy atom. The lowest BCUT2D eigenvalue weighted by Gasteiger charge is -2.19. The highest BCUT2D eigenvalue weighted by molar-refractivity contribution is 5.79. The van der Waals surface area contributed by atoms with E-state index in [0.29, 0.717) is 18.8 Å². The summed E-state index contributed by atoms with van der Waals surface area (Å²) < 4.78 is 4.43. The maximum absolute atomic E-state index is 10.9. The van der Waals surface area contributed by atoms with Crippen LogP contribution in [-0.4, -0.2) is 34.0 Å². The molecule has 1 unspecified atom stereocenters. The van der Waals surface area contributed by atoms with Crippen LogP contribution < -0.4 is 10.6 Å². The standard InChI is InChI=1S/C7H10N4O3/c8-5-6(10-14-9-5)11-3-1-2-4(11)7(12)13/h4H,1-3H2,(H2,8,9)(H,12,13). The Morgan fingerprint density at radius 3 is 3.00 bits per heavy atom. The van der Waals surface area contributed by atoms with Crippen molar-refractivity contribution in [2.75, 3.05) is 17.2 Å². The maximum atomic E-state index is 10.9. The normalized spacial score (nSPS) is 21.4. The van der Waals surface area contributed by atoms with Crippen LogP contribution in [-0.2, 0) is 4.79 Å². The second kappa shape index (κ2) is 3.17. The first-order chi connectivity index (χ1) is 6.70. The van der Waals surface area contributed by atoms with Crippen LogP contribution in [0.25, 0.3) is 0 Å². The van der Waals surface area contributed by atoms with Gasteiger partial charge in [0, 0.05) is 6.54 Å². The minimum Gasteiger partial charge on any atom is -0.480 e. The Hall–Kier alpha value is -1.79. The molecule has 1 aliphatic rings. The first kappa shape index (κ1) is 8.79. The summed E-state index contributed by atoms with van der Waals surface area (Å²) in [5.41, 5.74) is 5.48. The summed E-state index contributed by atoms with van der Waals surface area (Å²) in [7, 11) is 0. The number of aliphatic carboxylic acids is 1. The zero-order valence-electron chi connectivity index (χ0n) is 7.38. The molecule has 0 bridgehead atoms. The second-order valence-electron chi connectivity index (χ2n) is 3.16. The van der Waals surface area contributed by atoms with Crippen LogP contribution >= 0.6 is 0 Å². The minimum absolute atomic E-state index is 0.137. The van der Waals surface area contributed by atoms with Crippen LogP contribution in [0, 0.1) is 0 Å². The van der Waals surface area contributed by atoms with Gasteiger partial charge in [0.1, 0.15) is 6.04 Å². The Balaban J connectivity index is 2.26. The minimum atomic E-state index is -0.870. The molecule has 7 nitrogen and oxygen atoms in total. The molecule has 0 aliphatic carbocycles. The molecule has 2 rings (SSSR count). The molecular weight excluding hydrogens is 188 g/mol. The fourth-order valence-corrected chi connectivity index (χ4v) is 1.67. The maximum Gasteiger partial charge on any atom is 0.326 e. The topological polar surface area (TPSA) is 105 Å². The molecule has 1 aromatic rings. The van der Waals surface area contributed by atoms with Crippen molar-refractivity contribution in [2.45, 2.75) is 18.9 Å². The van der Waals surface area contributed by atoms with E-state index in [1.165, 1.54) is 0 Å². The highest BCUT2D eigenvalue weighted by Crippen LogP contribution is 2.27. The first-order valence-corrected chi connectivity index (χ1v) is 4.27. The number of anilines is 2. The van der Waals surface area contributed by atoms with E-state index in [-0.39, 0.29) is 5.82 Å². The lowest BCUT2D eigenvalue weighted by atomic mass is 10.2. The van der Waals surface area contributed by atoms with E-state index in [0.717, 1.165) is 6.42 Å². The Kier molecular flexibility index (Phi) is 1.99. The largest absolute Gasteiger partial charge is 0.480 e. The average molecular weight is 198 g/mol. The van der Waals surface area contributed by atoms with Gasteiger partial charge in [-0.05, 0) is 23.2 Å². The van der Waals surface area contributed by atoms with Gasteiger partial charge in [0.05, 0.1) is 0 Å². The predicted octanol–water partition coefficient (Wildman–Crippen LogP) is -0.295. The van der Waals surface area contributed by atoms with Crippen LogP contribution in [0.1, 0.15) is 12.8 Å². The second-order valence-corrected chi connectivity index (χ2v) is 3.16. The van der Waals surface area contributed by atoms with Crippen LogP contribution in [0.2, 0.25) is 0 Å². The SMILES string of the molecule is Nc1nonc1N1CCCC1C(=O)O. The van der Waals surface area contributed by atoms with Gasteiger partial charge in [-0.2, -0.15) is 0 Å². The number of rotatable bonds is 2. The number of nitrogens with two attached hydrogens (primary N) is 1. The quantitative estimate of drug-likeness (QED) is 0.672. The Bertz CT molecular complexity index is 350. The van der Waals surface area contributed by atoms with Crippen molar-refractivity contribution in [3.63, 3.8) is 0 Å². The summed E-state index contributed by atoms with van der Waals surface area (Å²) in [6.45, 7) is 0.620. The third kappa shape index (κ3) is 1.26. The number of hydrogen-bond acceptors (Lipinski definition) is 6. The number of hydrogen-bond donors (Lipinski definition) is 2. The molecule has 7 heteroatoms. The van der Waals surface area contributed by atoms with E-state index in [9.17, 15) is 4.79 Å². The molecule has 0 amide bonds. The van der Waals surface area contributed by atoms with Gasteiger partial charge in [-0.25, -0.2) is 9.42 Å². The molecular formula is C7H10N4O3. The van der Waals surface area contributed by atoms with Crippen molar-refractivity contribution in [3.05, 3.63) is 0 Å². The summed E-state index contributed by atoms with van der Waals surface area (Å²) in [4.78, 5) is 12.5. The molecule has 1 saturated heterocycles. The van der Waals surface area contributed by atoms with Crippen molar-refractivity contribution in [1.82, 2.24) is 10.3 Å². The smallest absolute Gasteiger partial charge is 0.326 e. The highest BCUT2D eigenvalue weighted by atomic mass is 16.6. The molecule has 14 heavy (non-hydrogen) atoms. The van der Waals surface area contributed by atoms with E-state index in [4.69, 9.17) is 10.8 Å². The Morgan fingerprint density at radius 1 is 1.64 bits per heavy atom. The van der Waals surface area contributed by atoms with Crippen molar-refractivity contribution in [2.24, 2.45) is 0 Å². The van der Waals surface area contributed by atoms with Gasteiger partial charge < -0.3 is 15.7 Å². The van der Waals surface area contributed by atoms with E-state index in [2.05, 4.69) is 14.9 Å². The number of aromatic nitrogens is 2. The number of carboxylic acid groups (broad SMARTS) is 1. The molecule has 0 spiro atoms. The Labute approximate surface area is 79.4 Å². The van der Waals surface area contributed by atoms with Crippen molar-refractivity contribution in [1.29, 1.82) is 0 Å². The van der Waals surface area contributed by atoms with E-state index >= 15 is 0 Å². The van der Waals surface area contributed by atoms with E-state index < -0.39 is 12.0 Å². The van der Waals surface area contributed by atoms with Gasteiger partial charge in [-0.15, -0.1) is 0 Å². The van der Waals surface area contributed by atoms with Crippen LogP contribution in [0.3, 0.4) is 0 Å². The van der Waals surface area contributed by atoms with Crippen molar-refractivity contribution in [3.8, 4) is 0 Å². The van der Waals surface area contributed by atoms with Gasteiger partial charge in [0.15, 0.2) is 0 Å². The summed E-state index contributed by atoms with van der Waals surface area (Å²) >= 11 is 0. The fourth-order valence-electron chi connectivity index (χ4n) is 1.67. The van der Waals surface area contributed by atoms with Crippen molar-refractivity contribution >= 4 is 17.6 Å². The molecule has 76 valence electrons. The van der Waals surface area contributed by atoms with E-state index in [1.807, 2.05) is 0 Å². The molecule has 0 radical (unpaired) electrons. The van der Waals surface area contributed by atoms with E-state index in [1.54, 1.807) is 4.90 Å². The van der Waals surface area contributed by atoms with Gasteiger partial charge in [0.25, 0.3) is 0 Å². The molecule has 2 heterocycles. The van der Waals surface area contributed by atoms with Crippen LogP contribution in [0.4, 0.5) is 11.6 Å². The van der Waals surface area contributed by atoms with Gasteiger partial charge >= 0.3 is 5.97 Å². The zero-order valence-corrected chi connectivity index (χ0v) is 7.38. The third-order valence-electron chi connectivity index (χ3n) is 2.31. The molecule has 0 aromatic carbocycles. The summed E-state index contributed by atoms with van der Waals surface area (Å²) in [5.74, 6) is -0.405. The monoisotopic (exact) mass is 198 g/mol. The summed E-state index contributed by atoms with van der Waals surface area (Å²) in [6, 6.07) is -0.566. The van der Waals surface area contributed by atoms with Gasteiger partial charge in [0.2, 0.25) is 11.6 Å². The predicted molar refractivity (Wildman–Crippen MR) is 46.7 cm³/mol. The molecule has 3 N–H and O–H groups in total. The molecule has 1 aromatic heterocycles. The number of carboxylic acids is 1. The summed E-state index contributed by atoms with van der Waals surface area (Å²) in [5, 5.41) is 15.9. The fraction of sp³-hybridized carbons (Fsp3) is 0.571. The molecule has 1 aliphatic heterocycles.